The average molecular weight is 391 g/mol. The van der Waals surface area contributed by atoms with Gasteiger partial charge in [0.05, 0.1) is 13.1 Å². The van der Waals surface area contributed by atoms with E-state index >= 15 is 0 Å². The number of benzene rings is 2. The molecule has 1 unspecified atom stereocenters. The van der Waals surface area contributed by atoms with Crippen LogP contribution in [0, 0.1) is 0 Å². The van der Waals surface area contributed by atoms with Gasteiger partial charge in [0.1, 0.15) is 5.54 Å². The van der Waals surface area contributed by atoms with Crippen molar-refractivity contribution in [1.29, 1.82) is 0 Å². The summed E-state index contributed by atoms with van der Waals surface area (Å²) >= 11 is 0. The number of nitrogens with zero attached hydrogens (tertiary/aromatic N) is 1. The third kappa shape index (κ3) is 4.25. The van der Waals surface area contributed by atoms with E-state index in [0.29, 0.717) is 13.1 Å². The molecule has 2 heterocycles. The molecule has 0 bridgehead atoms. The Hall–Kier alpha value is -2.92. The van der Waals surface area contributed by atoms with Crippen LogP contribution >= 0.6 is 0 Å². The number of carbonyl (C=O) groups excluding carboxylic acids is 2. The van der Waals surface area contributed by atoms with Crippen LogP contribution in [0.25, 0.3) is 5.57 Å². The lowest BCUT2D eigenvalue weighted by Crippen LogP contribution is -3.14. The van der Waals surface area contributed by atoms with Gasteiger partial charge in [-0.15, -0.1) is 0 Å². The molecule has 5 nitrogen and oxygen atoms in total. The van der Waals surface area contributed by atoms with Gasteiger partial charge in [0.2, 0.25) is 0 Å². The fourth-order valence-electron chi connectivity index (χ4n) is 4.16. The second-order valence-electron chi connectivity index (χ2n) is 8.19. The Balaban J connectivity index is 1.36. The predicted octanol–water partition coefficient (Wildman–Crippen LogP) is 2.26. The summed E-state index contributed by atoms with van der Waals surface area (Å²) in [4.78, 5) is 28.2. The molecule has 3 amide bonds. The van der Waals surface area contributed by atoms with Crippen molar-refractivity contribution in [3.8, 4) is 0 Å². The molecule has 0 saturated carbocycles. The highest BCUT2D eigenvalue weighted by Gasteiger charge is 2.48. The predicted molar refractivity (Wildman–Crippen MR) is 113 cm³/mol. The van der Waals surface area contributed by atoms with Crippen molar-refractivity contribution in [2.75, 3.05) is 19.8 Å². The van der Waals surface area contributed by atoms with Gasteiger partial charge in [-0.1, -0.05) is 60.7 Å². The molecule has 0 aliphatic carbocycles. The highest BCUT2D eigenvalue weighted by molar-refractivity contribution is 6.06. The van der Waals surface area contributed by atoms with E-state index in [2.05, 4.69) is 47.8 Å². The van der Waals surface area contributed by atoms with E-state index in [9.17, 15) is 9.59 Å². The van der Waals surface area contributed by atoms with Gasteiger partial charge in [0.15, 0.2) is 6.67 Å². The van der Waals surface area contributed by atoms with Crippen molar-refractivity contribution in [3.63, 3.8) is 0 Å². The van der Waals surface area contributed by atoms with Gasteiger partial charge in [0.25, 0.3) is 5.91 Å². The first-order chi connectivity index (χ1) is 14.0. The summed E-state index contributed by atoms with van der Waals surface area (Å²) in [6, 6.07) is 20.2. The van der Waals surface area contributed by atoms with Crippen molar-refractivity contribution in [1.82, 2.24) is 10.2 Å². The lowest BCUT2D eigenvalue weighted by molar-refractivity contribution is -0.902. The van der Waals surface area contributed by atoms with Crippen molar-refractivity contribution in [2.24, 2.45) is 0 Å². The summed E-state index contributed by atoms with van der Waals surface area (Å²) in [6.45, 7) is 4.00. The monoisotopic (exact) mass is 390 g/mol. The molecule has 0 radical (unpaired) electrons. The molecule has 2 aliphatic rings. The Labute approximate surface area is 172 Å². The van der Waals surface area contributed by atoms with Gasteiger partial charge in [-0.3, -0.25) is 4.79 Å². The maximum atomic E-state index is 13.0. The number of imide groups is 1. The zero-order chi connectivity index (χ0) is 20.3. The summed E-state index contributed by atoms with van der Waals surface area (Å²) in [5.41, 5.74) is 2.96. The molecule has 1 saturated heterocycles. The first-order valence-electron chi connectivity index (χ1n) is 10.3. The number of amides is 3. The van der Waals surface area contributed by atoms with E-state index in [4.69, 9.17) is 0 Å². The largest absolute Gasteiger partial charge is 0.329 e. The lowest BCUT2D eigenvalue weighted by atomic mass is 9.93. The Morgan fingerprint density at radius 2 is 1.72 bits per heavy atom. The maximum absolute atomic E-state index is 13.0. The van der Waals surface area contributed by atoms with Crippen LogP contribution in [0.15, 0.2) is 66.7 Å². The van der Waals surface area contributed by atoms with Crippen molar-refractivity contribution >= 4 is 17.5 Å². The standard InChI is InChI=1S/C24H27N3O2/c1-24(15-12-19-8-4-2-5-9-19)22(28)27(23(29)25-24)18-26-16-13-21(14-17-26)20-10-6-3-7-11-20/h2-11,13H,12,14-18H2,1H3,(H,25,29)/p+1/t24-/m1/s1. The summed E-state index contributed by atoms with van der Waals surface area (Å²) in [5.74, 6) is -0.108. The summed E-state index contributed by atoms with van der Waals surface area (Å²) < 4.78 is 0. The van der Waals surface area contributed by atoms with E-state index in [1.807, 2.05) is 31.2 Å². The van der Waals surface area contributed by atoms with Crippen LogP contribution in [0.5, 0.6) is 0 Å². The summed E-state index contributed by atoms with van der Waals surface area (Å²) in [7, 11) is 0. The number of quaternary nitrogens is 1. The van der Waals surface area contributed by atoms with Gasteiger partial charge >= 0.3 is 6.03 Å². The second kappa shape index (κ2) is 8.21. The van der Waals surface area contributed by atoms with Gasteiger partial charge in [-0.2, -0.15) is 0 Å². The smallest absolute Gasteiger partial charge is 0.323 e. The zero-order valence-electron chi connectivity index (χ0n) is 16.9. The van der Waals surface area contributed by atoms with Crippen LogP contribution in [-0.2, 0) is 11.2 Å². The topological polar surface area (TPSA) is 53.9 Å². The molecule has 2 N–H and O–H groups in total. The number of aryl methyl sites for hydroxylation is 1. The molecule has 2 aromatic rings. The van der Waals surface area contributed by atoms with Crippen LogP contribution in [0.1, 0.15) is 30.9 Å². The van der Waals surface area contributed by atoms with E-state index in [1.165, 1.54) is 26.5 Å². The SMILES string of the molecule is C[C@]1(CCc2ccccc2)NC(=O)N(C[NH+]2CC=C(c3ccccc3)CC2)C1=O. The molecule has 150 valence electrons. The molecule has 2 aliphatic heterocycles. The normalized spacial score (nSPS) is 24.4. The zero-order valence-corrected chi connectivity index (χ0v) is 16.9. The van der Waals surface area contributed by atoms with Crippen molar-refractivity contribution in [3.05, 3.63) is 77.9 Å². The third-order valence-corrected chi connectivity index (χ3v) is 6.01. The molecule has 2 aromatic carbocycles. The molecule has 4 rings (SSSR count). The Morgan fingerprint density at radius 3 is 2.38 bits per heavy atom. The molecular weight excluding hydrogens is 362 g/mol. The van der Waals surface area contributed by atoms with Gasteiger partial charge in [0, 0.05) is 6.42 Å². The van der Waals surface area contributed by atoms with Crippen LogP contribution in [0.4, 0.5) is 4.79 Å². The lowest BCUT2D eigenvalue weighted by Gasteiger charge is -2.27. The van der Waals surface area contributed by atoms with Crippen molar-refractivity contribution in [2.45, 2.75) is 31.7 Å². The fourth-order valence-corrected chi connectivity index (χ4v) is 4.16. The fraction of sp³-hybridized carbons (Fsp3) is 0.333. The van der Waals surface area contributed by atoms with Crippen LogP contribution < -0.4 is 10.2 Å². The molecule has 2 atom stereocenters. The Morgan fingerprint density at radius 1 is 1.03 bits per heavy atom. The molecule has 1 fully saturated rings. The number of rotatable bonds is 6. The number of carbonyl (C=O) groups is 2. The minimum absolute atomic E-state index is 0.108. The average Bonchev–Trinajstić information content (AvgIpc) is 2.97. The quantitative estimate of drug-likeness (QED) is 0.744. The van der Waals surface area contributed by atoms with Gasteiger partial charge < -0.3 is 10.2 Å². The van der Waals surface area contributed by atoms with Crippen LogP contribution in [-0.4, -0.2) is 42.1 Å². The first-order valence-corrected chi connectivity index (χ1v) is 10.3. The minimum Gasteiger partial charge on any atom is -0.323 e. The van der Waals surface area contributed by atoms with Gasteiger partial charge in [-0.05, 0) is 42.5 Å². The number of hydrogen-bond acceptors (Lipinski definition) is 2. The molecular formula is C24H28N3O2+. The number of urea groups is 1. The highest BCUT2D eigenvalue weighted by Crippen LogP contribution is 2.23. The third-order valence-electron chi connectivity index (χ3n) is 6.01. The van der Waals surface area contributed by atoms with Crippen LogP contribution in [0.3, 0.4) is 0 Å². The number of hydrogen-bond donors (Lipinski definition) is 2. The van der Waals surface area contributed by atoms with Crippen molar-refractivity contribution < 1.29 is 14.5 Å². The van der Waals surface area contributed by atoms with E-state index in [0.717, 1.165) is 25.9 Å². The Kier molecular flexibility index (Phi) is 5.49. The highest BCUT2D eigenvalue weighted by atomic mass is 16.2. The van der Waals surface area contributed by atoms with E-state index in [1.54, 1.807) is 0 Å². The van der Waals surface area contributed by atoms with E-state index < -0.39 is 5.54 Å². The Bertz CT molecular complexity index is 910. The molecule has 29 heavy (non-hydrogen) atoms. The molecule has 0 aromatic heterocycles. The molecule has 0 spiro atoms. The number of nitrogens with one attached hydrogen (secondary N) is 2. The first kappa shape index (κ1) is 19.4. The minimum atomic E-state index is -0.826. The second-order valence-corrected chi connectivity index (χ2v) is 8.19. The maximum Gasteiger partial charge on any atom is 0.329 e. The van der Waals surface area contributed by atoms with E-state index in [-0.39, 0.29) is 11.9 Å². The summed E-state index contributed by atoms with van der Waals surface area (Å²) in [5, 5.41) is 2.93. The molecule has 5 heteroatoms. The van der Waals surface area contributed by atoms with Crippen LogP contribution in [0.2, 0.25) is 0 Å². The van der Waals surface area contributed by atoms with Gasteiger partial charge in [-0.25, -0.2) is 9.69 Å². The summed E-state index contributed by atoms with van der Waals surface area (Å²) in [6.07, 6.45) is 4.55.